The molecule has 1 fully saturated rings. The monoisotopic (exact) mass is 270 g/mol. The van der Waals surface area contributed by atoms with Crippen molar-refractivity contribution in [3.05, 3.63) is 0 Å². The van der Waals surface area contributed by atoms with Crippen molar-refractivity contribution in [1.29, 1.82) is 0 Å². The maximum Gasteiger partial charge on any atom is 0.312 e. The van der Waals surface area contributed by atoms with Crippen LogP contribution >= 0.6 is 0 Å². The molecule has 110 valence electrons. The lowest BCUT2D eigenvalue weighted by molar-refractivity contribution is -0.165. The number of carboxylic acids is 1. The number of aliphatic carboxylic acids is 1. The van der Waals surface area contributed by atoms with E-state index in [4.69, 9.17) is 9.84 Å². The number of carboxylic acid groups (broad SMARTS) is 1. The molecule has 0 aromatic heterocycles. The van der Waals surface area contributed by atoms with Crippen LogP contribution in [0, 0.1) is 23.2 Å². The lowest BCUT2D eigenvalue weighted by Gasteiger charge is -2.32. The molecule has 19 heavy (non-hydrogen) atoms. The van der Waals surface area contributed by atoms with E-state index in [9.17, 15) is 9.59 Å². The maximum atomic E-state index is 12.4. The van der Waals surface area contributed by atoms with Crippen molar-refractivity contribution in [3.63, 3.8) is 0 Å². The molecule has 0 aromatic carbocycles. The zero-order valence-corrected chi connectivity index (χ0v) is 12.4. The Labute approximate surface area is 115 Å². The first-order valence-electron chi connectivity index (χ1n) is 7.17. The van der Waals surface area contributed by atoms with Crippen LogP contribution in [0.25, 0.3) is 0 Å². The summed E-state index contributed by atoms with van der Waals surface area (Å²) in [5.74, 6) is -0.476. The minimum Gasteiger partial charge on any atom is -0.481 e. The third-order valence-electron chi connectivity index (χ3n) is 3.55. The topological polar surface area (TPSA) is 63.6 Å². The molecule has 0 aromatic rings. The van der Waals surface area contributed by atoms with Gasteiger partial charge in [-0.1, -0.05) is 27.7 Å². The molecule has 0 amide bonds. The highest BCUT2D eigenvalue weighted by molar-refractivity contribution is 5.83. The lowest BCUT2D eigenvalue weighted by atomic mass is 9.73. The normalized spacial score (nSPS) is 18.4. The Balaban J connectivity index is 2.87. The van der Waals surface area contributed by atoms with Gasteiger partial charge in [0.2, 0.25) is 0 Å². The van der Waals surface area contributed by atoms with Crippen molar-refractivity contribution in [2.75, 3.05) is 6.61 Å². The Kier molecular flexibility index (Phi) is 5.39. The Bertz CT molecular complexity index is 331. The van der Waals surface area contributed by atoms with E-state index in [2.05, 4.69) is 0 Å². The van der Waals surface area contributed by atoms with Gasteiger partial charge in [0.1, 0.15) is 0 Å². The van der Waals surface area contributed by atoms with Crippen molar-refractivity contribution >= 4 is 11.9 Å². The van der Waals surface area contributed by atoms with Gasteiger partial charge in [-0.05, 0) is 37.0 Å². The van der Waals surface area contributed by atoms with Crippen molar-refractivity contribution < 1.29 is 19.4 Å². The first-order chi connectivity index (χ1) is 8.78. The number of hydrogen-bond donors (Lipinski definition) is 1. The predicted molar refractivity (Wildman–Crippen MR) is 72.7 cm³/mol. The number of carbonyl (C=O) groups is 2. The molecule has 0 radical (unpaired) electrons. The standard InChI is InChI=1S/C15H26O4/c1-10(2)7-15(8-13(16)17,12-5-6-12)14(18)19-9-11(3)4/h10-12H,5-9H2,1-4H3,(H,16,17). The molecule has 0 bridgehead atoms. The first-order valence-corrected chi connectivity index (χ1v) is 7.17. The quantitative estimate of drug-likeness (QED) is 0.688. The fourth-order valence-electron chi connectivity index (χ4n) is 2.73. The van der Waals surface area contributed by atoms with Crippen LogP contribution in [0.3, 0.4) is 0 Å². The molecule has 1 rings (SSSR count). The molecule has 1 atom stereocenters. The molecule has 1 aliphatic rings. The van der Waals surface area contributed by atoms with Crippen molar-refractivity contribution in [2.45, 2.75) is 53.4 Å². The summed E-state index contributed by atoms with van der Waals surface area (Å²) in [6, 6.07) is 0. The number of esters is 1. The molecule has 0 spiro atoms. The van der Waals surface area contributed by atoms with Gasteiger partial charge in [-0.2, -0.15) is 0 Å². The van der Waals surface area contributed by atoms with Crippen molar-refractivity contribution in [3.8, 4) is 0 Å². The minimum atomic E-state index is -0.908. The van der Waals surface area contributed by atoms with Crippen molar-refractivity contribution in [2.24, 2.45) is 23.2 Å². The van der Waals surface area contributed by atoms with Crippen LogP contribution in [0.4, 0.5) is 0 Å². The van der Waals surface area contributed by atoms with E-state index in [0.29, 0.717) is 13.0 Å². The second kappa shape index (κ2) is 6.40. The maximum absolute atomic E-state index is 12.4. The summed E-state index contributed by atoms with van der Waals surface area (Å²) < 4.78 is 5.37. The van der Waals surface area contributed by atoms with Gasteiger partial charge in [-0.25, -0.2) is 0 Å². The van der Waals surface area contributed by atoms with E-state index < -0.39 is 11.4 Å². The fourth-order valence-corrected chi connectivity index (χ4v) is 2.73. The minimum absolute atomic E-state index is 0.104. The average molecular weight is 270 g/mol. The van der Waals surface area contributed by atoms with Gasteiger partial charge >= 0.3 is 11.9 Å². The Morgan fingerprint density at radius 1 is 1.21 bits per heavy atom. The Morgan fingerprint density at radius 2 is 1.79 bits per heavy atom. The van der Waals surface area contributed by atoms with Gasteiger partial charge in [-0.3, -0.25) is 9.59 Å². The molecule has 4 nitrogen and oxygen atoms in total. The molecule has 1 saturated carbocycles. The molecular formula is C15H26O4. The summed E-state index contributed by atoms with van der Waals surface area (Å²) in [7, 11) is 0. The summed E-state index contributed by atoms with van der Waals surface area (Å²) in [6.45, 7) is 8.37. The Hall–Kier alpha value is -1.06. The molecule has 0 aliphatic heterocycles. The first kappa shape index (κ1) is 16.0. The zero-order valence-electron chi connectivity index (χ0n) is 12.4. The lowest BCUT2D eigenvalue weighted by Crippen LogP contribution is -2.39. The van der Waals surface area contributed by atoms with E-state index in [1.165, 1.54) is 0 Å². The number of carbonyl (C=O) groups excluding carboxylic acids is 1. The van der Waals surface area contributed by atoms with E-state index in [-0.39, 0.29) is 30.1 Å². The number of rotatable bonds is 8. The van der Waals surface area contributed by atoms with Crippen molar-refractivity contribution in [1.82, 2.24) is 0 Å². The second-order valence-electron chi connectivity index (χ2n) is 6.59. The van der Waals surface area contributed by atoms with Crippen LogP contribution < -0.4 is 0 Å². The highest BCUT2D eigenvalue weighted by atomic mass is 16.5. The summed E-state index contributed by atoms with van der Waals surface area (Å²) >= 11 is 0. The highest BCUT2D eigenvalue weighted by Gasteiger charge is 2.53. The summed E-state index contributed by atoms with van der Waals surface area (Å²) in [4.78, 5) is 23.6. The smallest absolute Gasteiger partial charge is 0.312 e. The average Bonchev–Trinajstić information content (AvgIpc) is 3.06. The van der Waals surface area contributed by atoms with Crippen LogP contribution in [0.2, 0.25) is 0 Å². The van der Waals surface area contributed by atoms with Crippen LogP contribution in [-0.4, -0.2) is 23.7 Å². The second-order valence-corrected chi connectivity index (χ2v) is 6.59. The third-order valence-corrected chi connectivity index (χ3v) is 3.55. The largest absolute Gasteiger partial charge is 0.481 e. The summed E-state index contributed by atoms with van der Waals surface area (Å²) in [5, 5.41) is 9.16. The highest BCUT2D eigenvalue weighted by Crippen LogP contribution is 2.52. The van der Waals surface area contributed by atoms with Crippen LogP contribution in [0.1, 0.15) is 53.4 Å². The van der Waals surface area contributed by atoms with E-state index in [1.54, 1.807) is 0 Å². The number of ether oxygens (including phenoxy) is 1. The zero-order chi connectivity index (χ0) is 14.6. The third kappa shape index (κ3) is 4.51. The predicted octanol–water partition coefficient (Wildman–Crippen LogP) is 3.10. The molecule has 0 heterocycles. The Morgan fingerprint density at radius 3 is 2.16 bits per heavy atom. The molecule has 4 heteroatoms. The van der Waals surface area contributed by atoms with Gasteiger partial charge in [-0.15, -0.1) is 0 Å². The molecular weight excluding hydrogens is 244 g/mol. The molecule has 1 N–H and O–H groups in total. The van der Waals surface area contributed by atoms with Gasteiger partial charge < -0.3 is 9.84 Å². The van der Waals surface area contributed by atoms with E-state index in [1.807, 2.05) is 27.7 Å². The van der Waals surface area contributed by atoms with E-state index in [0.717, 1.165) is 12.8 Å². The fraction of sp³-hybridized carbons (Fsp3) is 0.867. The van der Waals surface area contributed by atoms with Gasteiger partial charge in [0.05, 0.1) is 18.4 Å². The molecule has 1 aliphatic carbocycles. The van der Waals surface area contributed by atoms with Crippen LogP contribution in [0.5, 0.6) is 0 Å². The SMILES string of the molecule is CC(C)COC(=O)C(CC(=O)O)(CC(C)C)C1CC1. The van der Waals surface area contributed by atoms with E-state index >= 15 is 0 Å². The van der Waals surface area contributed by atoms with Gasteiger partial charge in [0.15, 0.2) is 0 Å². The van der Waals surface area contributed by atoms with Gasteiger partial charge in [0.25, 0.3) is 0 Å². The molecule has 0 saturated heterocycles. The number of hydrogen-bond acceptors (Lipinski definition) is 3. The molecule has 1 unspecified atom stereocenters. The van der Waals surface area contributed by atoms with Crippen LogP contribution in [-0.2, 0) is 14.3 Å². The van der Waals surface area contributed by atoms with Crippen LogP contribution in [0.15, 0.2) is 0 Å². The summed E-state index contributed by atoms with van der Waals surface area (Å²) in [5.41, 5.74) is -0.811. The summed E-state index contributed by atoms with van der Waals surface area (Å²) in [6.07, 6.45) is 2.38. The van der Waals surface area contributed by atoms with Gasteiger partial charge in [0, 0.05) is 0 Å².